The standard InChI is InChI=1S/C18H38NO2/c1-10-17(4,5)14-15(3)18(6,11-2)16(20)21-13-12-19(7,8)9/h15H,10-14H2,1-9H3/q+1. The third kappa shape index (κ3) is 6.82. The molecule has 0 bridgehead atoms. The monoisotopic (exact) mass is 300 g/mol. The van der Waals surface area contributed by atoms with Gasteiger partial charge in [-0.25, -0.2) is 0 Å². The molecule has 0 aliphatic heterocycles. The fourth-order valence-electron chi connectivity index (χ4n) is 2.47. The van der Waals surface area contributed by atoms with Crippen LogP contribution in [0.5, 0.6) is 0 Å². The topological polar surface area (TPSA) is 26.3 Å². The van der Waals surface area contributed by atoms with Crippen LogP contribution < -0.4 is 0 Å². The van der Waals surface area contributed by atoms with Crippen LogP contribution in [0.25, 0.3) is 0 Å². The van der Waals surface area contributed by atoms with Gasteiger partial charge in [-0.05, 0) is 31.1 Å². The molecule has 0 heterocycles. The summed E-state index contributed by atoms with van der Waals surface area (Å²) >= 11 is 0. The van der Waals surface area contributed by atoms with E-state index in [1.54, 1.807) is 0 Å². The first-order valence-electron chi connectivity index (χ1n) is 8.35. The second kappa shape index (κ2) is 7.62. The summed E-state index contributed by atoms with van der Waals surface area (Å²) in [4.78, 5) is 12.6. The van der Waals surface area contributed by atoms with Crippen molar-refractivity contribution in [2.75, 3.05) is 34.3 Å². The summed E-state index contributed by atoms with van der Waals surface area (Å²) < 4.78 is 6.40. The first-order valence-corrected chi connectivity index (χ1v) is 8.35. The molecule has 0 rings (SSSR count). The van der Waals surface area contributed by atoms with Crippen LogP contribution >= 0.6 is 0 Å². The first-order chi connectivity index (χ1) is 9.38. The molecule has 0 aliphatic rings. The number of ether oxygens (including phenoxy) is 1. The van der Waals surface area contributed by atoms with Crippen molar-refractivity contribution in [3.8, 4) is 0 Å². The molecule has 126 valence electrons. The third-order valence-corrected chi connectivity index (χ3v) is 5.10. The van der Waals surface area contributed by atoms with Crippen molar-refractivity contribution >= 4 is 5.97 Å². The Labute approximate surface area is 132 Å². The molecule has 3 nitrogen and oxygen atoms in total. The third-order valence-electron chi connectivity index (χ3n) is 5.10. The molecule has 0 aromatic heterocycles. The van der Waals surface area contributed by atoms with Crippen LogP contribution in [0.2, 0.25) is 0 Å². The minimum absolute atomic E-state index is 0.0298. The molecule has 0 amide bonds. The number of nitrogens with zero attached hydrogens (tertiary/aromatic N) is 1. The van der Waals surface area contributed by atoms with Crippen molar-refractivity contribution < 1.29 is 14.0 Å². The maximum Gasteiger partial charge on any atom is 0.312 e. The molecule has 2 unspecified atom stereocenters. The van der Waals surface area contributed by atoms with Crippen molar-refractivity contribution in [3.63, 3.8) is 0 Å². The van der Waals surface area contributed by atoms with Gasteiger partial charge in [0.25, 0.3) is 0 Å². The zero-order chi connectivity index (χ0) is 16.9. The molecule has 21 heavy (non-hydrogen) atoms. The molecule has 0 radical (unpaired) electrons. The van der Waals surface area contributed by atoms with Crippen LogP contribution in [-0.2, 0) is 9.53 Å². The van der Waals surface area contributed by atoms with E-state index in [1.807, 2.05) is 0 Å². The van der Waals surface area contributed by atoms with Gasteiger partial charge in [-0.2, -0.15) is 0 Å². The average Bonchev–Trinajstić information content (AvgIpc) is 2.35. The molecule has 0 saturated carbocycles. The molecule has 0 spiro atoms. The van der Waals surface area contributed by atoms with E-state index in [2.05, 4.69) is 62.7 Å². The predicted molar refractivity (Wildman–Crippen MR) is 90.1 cm³/mol. The van der Waals surface area contributed by atoms with Crippen LogP contribution in [0.3, 0.4) is 0 Å². The van der Waals surface area contributed by atoms with Crippen LogP contribution in [-0.4, -0.2) is 44.7 Å². The quantitative estimate of drug-likeness (QED) is 0.473. The second-order valence-corrected chi connectivity index (χ2v) is 8.54. The number of rotatable bonds is 9. The smallest absolute Gasteiger partial charge is 0.312 e. The molecule has 3 heteroatoms. The summed E-state index contributed by atoms with van der Waals surface area (Å²) in [6, 6.07) is 0. The average molecular weight is 301 g/mol. The Bertz CT molecular complexity index is 331. The number of hydrogen-bond donors (Lipinski definition) is 0. The van der Waals surface area contributed by atoms with Gasteiger partial charge in [0.1, 0.15) is 13.2 Å². The molecule has 0 N–H and O–H groups in total. The highest BCUT2D eigenvalue weighted by Gasteiger charge is 2.40. The Morgan fingerprint density at radius 2 is 1.62 bits per heavy atom. The second-order valence-electron chi connectivity index (χ2n) is 8.54. The largest absolute Gasteiger partial charge is 0.459 e. The molecule has 0 aromatic carbocycles. The maximum absolute atomic E-state index is 12.6. The van der Waals surface area contributed by atoms with E-state index >= 15 is 0 Å². The van der Waals surface area contributed by atoms with Gasteiger partial charge in [0.2, 0.25) is 0 Å². The zero-order valence-electron chi connectivity index (χ0n) is 15.9. The van der Waals surface area contributed by atoms with Gasteiger partial charge in [-0.15, -0.1) is 0 Å². The fraction of sp³-hybridized carbons (Fsp3) is 0.944. The number of carbonyl (C=O) groups excluding carboxylic acids is 1. The number of carbonyl (C=O) groups is 1. The Morgan fingerprint density at radius 3 is 2.00 bits per heavy atom. The number of hydrogen-bond acceptors (Lipinski definition) is 2. The van der Waals surface area contributed by atoms with Crippen LogP contribution in [0.1, 0.15) is 60.8 Å². The minimum Gasteiger partial charge on any atom is -0.459 e. The molecule has 2 atom stereocenters. The lowest BCUT2D eigenvalue weighted by Gasteiger charge is -2.37. The maximum atomic E-state index is 12.6. The molecule has 0 saturated heterocycles. The number of esters is 1. The Balaban J connectivity index is 4.73. The van der Waals surface area contributed by atoms with Gasteiger partial charge >= 0.3 is 5.97 Å². The van der Waals surface area contributed by atoms with E-state index in [1.165, 1.54) is 0 Å². The van der Waals surface area contributed by atoms with Crippen LogP contribution in [0.15, 0.2) is 0 Å². The predicted octanol–water partition coefficient (Wildman–Crippen LogP) is 4.11. The fourth-order valence-corrected chi connectivity index (χ4v) is 2.47. The lowest BCUT2D eigenvalue weighted by molar-refractivity contribution is -0.870. The summed E-state index contributed by atoms with van der Waals surface area (Å²) in [6.07, 6.45) is 3.02. The van der Waals surface area contributed by atoms with Crippen LogP contribution in [0, 0.1) is 16.7 Å². The molecular weight excluding hydrogens is 262 g/mol. The highest BCUT2D eigenvalue weighted by atomic mass is 16.5. The van der Waals surface area contributed by atoms with E-state index < -0.39 is 0 Å². The molecule has 0 aromatic rings. The van der Waals surface area contributed by atoms with Crippen molar-refractivity contribution in [1.29, 1.82) is 0 Å². The normalized spacial score (nSPS) is 17.2. The van der Waals surface area contributed by atoms with E-state index in [0.29, 0.717) is 12.5 Å². The van der Waals surface area contributed by atoms with Crippen LogP contribution in [0.4, 0.5) is 0 Å². The minimum atomic E-state index is -0.378. The van der Waals surface area contributed by atoms with Gasteiger partial charge < -0.3 is 9.22 Å². The first kappa shape index (κ1) is 20.4. The van der Waals surface area contributed by atoms with Crippen molar-refractivity contribution in [1.82, 2.24) is 0 Å². The van der Waals surface area contributed by atoms with E-state index in [-0.39, 0.29) is 16.8 Å². The molecule has 0 aliphatic carbocycles. The zero-order valence-corrected chi connectivity index (χ0v) is 15.9. The van der Waals surface area contributed by atoms with E-state index in [0.717, 1.165) is 30.3 Å². The SMILES string of the molecule is CCC(C)(C)CC(C)C(C)(CC)C(=O)OCC[N+](C)(C)C. The lowest BCUT2D eigenvalue weighted by atomic mass is 9.68. The van der Waals surface area contributed by atoms with E-state index in [9.17, 15) is 4.79 Å². The van der Waals surface area contributed by atoms with Gasteiger partial charge in [0.15, 0.2) is 0 Å². The number of quaternary nitrogens is 1. The molecular formula is C18H38NO2+. The summed E-state index contributed by atoms with van der Waals surface area (Å²) in [7, 11) is 6.33. The highest BCUT2D eigenvalue weighted by Crippen LogP contribution is 2.41. The van der Waals surface area contributed by atoms with Gasteiger partial charge in [-0.3, -0.25) is 4.79 Å². The van der Waals surface area contributed by atoms with Gasteiger partial charge in [-0.1, -0.05) is 41.0 Å². The van der Waals surface area contributed by atoms with Crippen molar-refractivity contribution in [2.24, 2.45) is 16.7 Å². The summed E-state index contributed by atoms with van der Waals surface area (Å²) in [5.41, 5.74) is -0.101. The number of likely N-dealkylation sites (N-methyl/N-ethyl adjacent to an activating group) is 1. The Morgan fingerprint density at radius 1 is 1.10 bits per heavy atom. The van der Waals surface area contributed by atoms with E-state index in [4.69, 9.17) is 4.74 Å². The molecule has 0 fully saturated rings. The summed E-state index contributed by atoms with van der Waals surface area (Å²) in [5, 5.41) is 0. The summed E-state index contributed by atoms with van der Waals surface area (Å²) in [5.74, 6) is 0.298. The van der Waals surface area contributed by atoms with Gasteiger partial charge in [0, 0.05) is 0 Å². The Kier molecular flexibility index (Phi) is 7.41. The summed E-state index contributed by atoms with van der Waals surface area (Å²) in [6.45, 7) is 14.5. The van der Waals surface area contributed by atoms with Crippen molar-refractivity contribution in [2.45, 2.75) is 60.8 Å². The highest BCUT2D eigenvalue weighted by molar-refractivity contribution is 5.76. The lowest BCUT2D eigenvalue weighted by Crippen LogP contribution is -2.41. The van der Waals surface area contributed by atoms with Gasteiger partial charge in [0.05, 0.1) is 26.6 Å². The van der Waals surface area contributed by atoms with Crippen molar-refractivity contribution in [3.05, 3.63) is 0 Å². The Hall–Kier alpha value is -0.570.